The van der Waals surface area contributed by atoms with Crippen LogP contribution in [0, 0.1) is 5.82 Å². The lowest BCUT2D eigenvalue weighted by Gasteiger charge is -2.16. The van der Waals surface area contributed by atoms with Crippen molar-refractivity contribution in [3.63, 3.8) is 0 Å². The number of halogens is 3. The summed E-state index contributed by atoms with van der Waals surface area (Å²) in [5.41, 5.74) is -0.143. The Morgan fingerprint density at radius 3 is 2.44 bits per heavy atom. The molecule has 0 aromatic heterocycles. The first-order valence-corrected chi connectivity index (χ1v) is 6.60. The van der Waals surface area contributed by atoms with Gasteiger partial charge >= 0.3 is 0 Å². The molecule has 0 saturated carbocycles. The summed E-state index contributed by atoms with van der Waals surface area (Å²) in [5, 5.41) is -0.132. The normalized spacial score (nSPS) is 11.0. The summed E-state index contributed by atoms with van der Waals surface area (Å²) in [7, 11) is 0. The number of carbonyl (C=O) groups is 1. The van der Waals surface area contributed by atoms with Crippen molar-refractivity contribution in [2.45, 2.75) is 20.1 Å². The van der Waals surface area contributed by atoms with E-state index in [1.165, 1.54) is 12.1 Å². The minimum Gasteiger partial charge on any atom is -0.346 e. The Bertz CT molecular complexity index is 434. The molecule has 0 spiro atoms. The first-order chi connectivity index (χ1) is 8.52. The SMILES string of the molecule is CCOC(OCC)C(=O)c1ccc(Br)c(Cl)c1F. The molecule has 0 saturated heterocycles. The average molecular weight is 340 g/mol. The van der Waals surface area contributed by atoms with E-state index < -0.39 is 17.9 Å². The van der Waals surface area contributed by atoms with Gasteiger partial charge in [-0.1, -0.05) is 11.6 Å². The lowest BCUT2D eigenvalue weighted by molar-refractivity contribution is -0.107. The van der Waals surface area contributed by atoms with E-state index in [-0.39, 0.29) is 10.6 Å². The second-order valence-corrected chi connectivity index (χ2v) is 4.56. The first kappa shape index (κ1) is 15.6. The summed E-state index contributed by atoms with van der Waals surface area (Å²) in [6.45, 7) is 4.04. The summed E-state index contributed by atoms with van der Waals surface area (Å²) in [6.07, 6.45) is -1.10. The molecule has 0 fully saturated rings. The van der Waals surface area contributed by atoms with Gasteiger partial charge in [0.15, 0.2) is 5.82 Å². The Hall–Kier alpha value is -0.490. The highest BCUT2D eigenvalue weighted by Gasteiger charge is 2.25. The van der Waals surface area contributed by atoms with Crippen LogP contribution in [0.3, 0.4) is 0 Å². The van der Waals surface area contributed by atoms with Crippen LogP contribution in [0.2, 0.25) is 5.02 Å². The van der Waals surface area contributed by atoms with E-state index in [1.807, 2.05) is 0 Å². The van der Waals surface area contributed by atoms with Crippen LogP contribution in [0.1, 0.15) is 24.2 Å². The van der Waals surface area contributed by atoms with Gasteiger partial charge in [-0.2, -0.15) is 0 Å². The van der Waals surface area contributed by atoms with Gasteiger partial charge in [0.25, 0.3) is 0 Å². The molecule has 0 atom stereocenters. The highest BCUT2D eigenvalue weighted by atomic mass is 79.9. The third-order valence-corrected chi connectivity index (χ3v) is 3.41. The minimum absolute atomic E-state index is 0.132. The Kier molecular flexibility index (Phi) is 6.21. The molecule has 0 heterocycles. The van der Waals surface area contributed by atoms with Gasteiger partial charge in [0.2, 0.25) is 12.1 Å². The number of carbonyl (C=O) groups excluding carboxylic acids is 1. The zero-order chi connectivity index (χ0) is 13.7. The Balaban J connectivity index is 3.05. The number of ketones is 1. The quantitative estimate of drug-likeness (QED) is 0.449. The lowest BCUT2D eigenvalue weighted by atomic mass is 10.1. The van der Waals surface area contributed by atoms with Gasteiger partial charge in [0.05, 0.1) is 10.6 Å². The van der Waals surface area contributed by atoms with Crippen molar-refractivity contribution >= 4 is 33.3 Å². The maximum absolute atomic E-state index is 13.9. The fraction of sp³-hybridized carbons (Fsp3) is 0.417. The number of rotatable bonds is 6. The highest BCUT2D eigenvalue weighted by molar-refractivity contribution is 9.10. The van der Waals surface area contributed by atoms with Crippen LogP contribution in [0.15, 0.2) is 16.6 Å². The van der Waals surface area contributed by atoms with Gasteiger partial charge in [-0.15, -0.1) is 0 Å². The molecule has 0 bridgehead atoms. The predicted molar refractivity (Wildman–Crippen MR) is 70.5 cm³/mol. The molecule has 3 nitrogen and oxygen atoms in total. The standard InChI is InChI=1S/C12H13BrClFO3/c1-3-17-12(18-4-2)11(16)7-5-6-8(13)9(14)10(7)15/h5-6,12H,3-4H2,1-2H3. The third kappa shape index (κ3) is 3.51. The second kappa shape index (κ2) is 7.19. The van der Waals surface area contributed by atoms with Gasteiger partial charge in [-0.3, -0.25) is 4.79 Å². The first-order valence-electron chi connectivity index (χ1n) is 5.43. The van der Waals surface area contributed by atoms with E-state index in [1.54, 1.807) is 13.8 Å². The molecule has 18 heavy (non-hydrogen) atoms. The monoisotopic (exact) mass is 338 g/mol. The van der Waals surface area contributed by atoms with Crippen molar-refractivity contribution in [3.8, 4) is 0 Å². The van der Waals surface area contributed by atoms with E-state index in [4.69, 9.17) is 21.1 Å². The molecule has 0 aliphatic carbocycles. The topological polar surface area (TPSA) is 35.5 Å². The molecule has 0 aliphatic heterocycles. The molecule has 1 aromatic rings. The van der Waals surface area contributed by atoms with E-state index in [2.05, 4.69) is 15.9 Å². The van der Waals surface area contributed by atoms with Crippen LogP contribution in [-0.2, 0) is 9.47 Å². The molecule has 0 N–H and O–H groups in total. The van der Waals surface area contributed by atoms with Crippen LogP contribution >= 0.6 is 27.5 Å². The summed E-state index contributed by atoms with van der Waals surface area (Å²) < 4.78 is 24.5. The number of ether oxygens (including phenoxy) is 2. The lowest BCUT2D eigenvalue weighted by Crippen LogP contribution is -2.28. The van der Waals surface area contributed by atoms with Gasteiger partial charge in [0, 0.05) is 17.7 Å². The summed E-state index contributed by atoms with van der Waals surface area (Å²) >= 11 is 8.81. The molecule has 100 valence electrons. The van der Waals surface area contributed by atoms with Crippen molar-refractivity contribution in [1.29, 1.82) is 0 Å². The number of benzene rings is 1. The van der Waals surface area contributed by atoms with Crippen molar-refractivity contribution in [3.05, 3.63) is 33.0 Å². The molecule has 1 rings (SSSR count). The molecule has 0 aliphatic rings. The number of hydrogen-bond acceptors (Lipinski definition) is 3. The maximum Gasteiger partial charge on any atom is 0.222 e. The van der Waals surface area contributed by atoms with E-state index in [0.717, 1.165) is 0 Å². The van der Waals surface area contributed by atoms with Crippen LogP contribution in [0.4, 0.5) is 4.39 Å². The highest BCUT2D eigenvalue weighted by Crippen LogP contribution is 2.28. The van der Waals surface area contributed by atoms with Gasteiger partial charge in [-0.05, 0) is 41.9 Å². The minimum atomic E-state index is -1.10. The summed E-state index contributed by atoms with van der Waals surface area (Å²) in [4.78, 5) is 12.0. The summed E-state index contributed by atoms with van der Waals surface area (Å²) in [6, 6.07) is 2.85. The van der Waals surface area contributed by atoms with Gasteiger partial charge < -0.3 is 9.47 Å². The van der Waals surface area contributed by atoms with Crippen LogP contribution < -0.4 is 0 Å². The Morgan fingerprint density at radius 2 is 1.94 bits per heavy atom. The van der Waals surface area contributed by atoms with Crippen LogP contribution in [0.5, 0.6) is 0 Å². The van der Waals surface area contributed by atoms with E-state index in [0.29, 0.717) is 17.7 Å². The van der Waals surface area contributed by atoms with Crippen molar-refractivity contribution in [1.82, 2.24) is 0 Å². The Labute approximate surface area is 118 Å². The second-order valence-electron chi connectivity index (χ2n) is 3.33. The average Bonchev–Trinajstić information content (AvgIpc) is 2.35. The molecule has 6 heteroatoms. The smallest absolute Gasteiger partial charge is 0.222 e. The van der Waals surface area contributed by atoms with E-state index >= 15 is 0 Å². The largest absolute Gasteiger partial charge is 0.346 e. The molecule has 1 aromatic carbocycles. The van der Waals surface area contributed by atoms with Crippen LogP contribution in [-0.4, -0.2) is 25.3 Å². The van der Waals surface area contributed by atoms with Gasteiger partial charge in [0.1, 0.15) is 0 Å². The maximum atomic E-state index is 13.9. The van der Waals surface area contributed by atoms with Crippen molar-refractivity contribution < 1.29 is 18.7 Å². The van der Waals surface area contributed by atoms with Crippen molar-refractivity contribution in [2.24, 2.45) is 0 Å². The fourth-order valence-corrected chi connectivity index (χ4v) is 1.82. The summed E-state index contributed by atoms with van der Waals surface area (Å²) in [5.74, 6) is -1.36. The zero-order valence-electron chi connectivity index (χ0n) is 10.0. The predicted octanol–water partition coefficient (Wildman–Crippen LogP) is 3.82. The van der Waals surface area contributed by atoms with E-state index in [9.17, 15) is 9.18 Å². The number of hydrogen-bond donors (Lipinski definition) is 0. The van der Waals surface area contributed by atoms with Gasteiger partial charge in [-0.25, -0.2) is 4.39 Å². The number of Topliss-reactive ketones (excluding diaryl/α,β-unsaturated/α-hetero) is 1. The molecular formula is C12H13BrClFO3. The molecule has 0 amide bonds. The molecule has 0 unspecified atom stereocenters. The third-order valence-electron chi connectivity index (χ3n) is 2.15. The van der Waals surface area contributed by atoms with Crippen LogP contribution in [0.25, 0.3) is 0 Å². The Morgan fingerprint density at radius 1 is 1.39 bits per heavy atom. The molecular weight excluding hydrogens is 326 g/mol. The molecule has 0 radical (unpaired) electrons. The van der Waals surface area contributed by atoms with Crippen molar-refractivity contribution in [2.75, 3.05) is 13.2 Å². The fourth-order valence-electron chi connectivity index (χ4n) is 1.35. The zero-order valence-corrected chi connectivity index (χ0v) is 12.3.